The van der Waals surface area contributed by atoms with Gasteiger partial charge in [-0.2, -0.15) is 0 Å². The number of hydrogen-bond acceptors (Lipinski definition) is 2. The van der Waals surface area contributed by atoms with Crippen molar-refractivity contribution in [3.8, 4) is 5.75 Å². The normalized spacial score (nSPS) is 23.7. The van der Waals surface area contributed by atoms with Crippen molar-refractivity contribution in [1.29, 1.82) is 0 Å². The van der Waals surface area contributed by atoms with Crippen molar-refractivity contribution in [2.24, 2.45) is 5.92 Å². The van der Waals surface area contributed by atoms with Crippen LogP contribution in [-0.2, 0) is 0 Å². The maximum absolute atomic E-state index is 5.25. The molecule has 1 aromatic rings. The second kappa shape index (κ2) is 6.46. The van der Waals surface area contributed by atoms with E-state index in [-0.39, 0.29) is 0 Å². The molecule has 1 aliphatic carbocycles. The fourth-order valence-corrected chi connectivity index (χ4v) is 3.33. The van der Waals surface area contributed by atoms with E-state index in [0.717, 1.165) is 16.1 Å². The van der Waals surface area contributed by atoms with E-state index < -0.39 is 0 Å². The van der Waals surface area contributed by atoms with Crippen LogP contribution in [0.2, 0.25) is 0 Å². The van der Waals surface area contributed by atoms with E-state index in [1.54, 1.807) is 7.11 Å². The number of hydrogen-bond donors (Lipinski definition) is 1. The number of halogens is 1. The average Bonchev–Trinajstić information content (AvgIpc) is 2.39. The van der Waals surface area contributed by atoms with Crippen molar-refractivity contribution in [2.45, 2.75) is 45.1 Å². The van der Waals surface area contributed by atoms with Crippen LogP contribution in [0.3, 0.4) is 0 Å². The van der Waals surface area contributed by atoms with E-state index in [9.17, 15) is 0 Å². The quantitative estimate of drug-likeness (QED) is 0.859. The molecule has 0 heterocycles. The first kappa shape index (κ1) is 13.7. The van der Waals surface area contributed by atoms with Gasteiger partial charge in [0.2, 0.25) is 0 Å². The standard InChI is InChI=1S/C15H22BrNO/c1-3-11-5-4-6-12(9-11)17-13-7-8-15(18-2)14(16)10-13/h7-8,10-12,17H,3-6,9H2,1-2H3. The molecule has 2 rings (SSSR count). The summed E-state index contributed by atoms with van der Waals surface area (Å²) < 4.78 is 6.26. The summed E-state index contributed by atoms with van der Waals surface area (Å²) in [5, 5.41) is 3.65. The fraction of sp³-hybridized carbons (Fsp3) is 0.600. The third-order valence-electron chi connectivity index (χ3n) is 3.88. The summed E-state index contributed by atoms with van der Waals surface area (Å²) in [5.41, 5.74) is 1.18. The SMILES string of the molecule is CCC1CCCC(Nc2ccc(OC)c(Br)c2)C1. The Hall–Kier alpha value is -0.700. The summed E-state index contributed by atoms with van der Waals surface area (Å²) in [4.78, 5) is 0. The molecule has 1 saturated carbocycles. The maximum atomic E-state index is 5.25. The van der Waals surface area contributed by atoms with Crippen molar-refractivity contribution in [3.05, 3.63) is 22.7 Å². The monoisotopic (exact) mass is 311 g/mol. The highest BCUT2D eigenvalue weighted by Crippen LogP contribution is 2.31. The smallest absolute Gasteiger partial charge is 0.133 e. The molecule has 2 atom stereocenters. The molecule has 2 unspecified atom stereocenters. The minimum absolute atomic E-state index is 0.629. The molecular formula is C15H22BrNO. The highest BCUT2D eigenvalue weighted by Gasteiger charge is 2.20. The number of anilines is 1. The summed E-state index contributed by atoms with van der Waals surface area (Å²) in [5.74, 6) is 1.79. The van der Waals surface area contributed by atoms with E-state index >= 15 is 0 Å². The van der Waals surface area contributed by atoms with Gasteiger partial charge in [0.05, 0.1) is 11.6 Å². The van der Waals surface area contributed by atoms with E-state index in [1.165, 1.54) is 37.8 Å². The largest absolute Gasteiger partial charge is 0.496 e. The van der Waals surface area contributed by atoms with E-state index in [4.69, 9.17) is 4.74 Å². The Morgan fingerprint density at radius 3 is 2.89 bits per heavy atom. The predicted octanol–water partition coefficient (Wildman–Crippen LogP) is 4.84. The van der Waals surface area contributed by atoms with Crippen molar-refractivity contribution in [1.82, 2.24) is 0 Å². The molecule has 0 radical (unpaired) electrons. The molecule has 0 aliphatic heterocycles. The van der Waals surface area contributed by atoms with Crippen molar-refractivity contribution >= 4 is 21.6 Å². The zero-order valence-corrected chi connectivity index (χ0v) is 12.8. The molecule has 0 amide bonds. The lowest BCUT2D eigenvalue weighted by atomic mass is 9.84. The molecule has 0 bridgehead atoms. The zero-order valence-electron chi connectivity index (χ0n) is 11.2. The van der Waals surface area contributed by atoms with Crippen LogP contribution < -0.4 is 10.1 Å². The van der Waals surface area contributed by atoms with Gasteiger partial charge in [0.1, 0.15) is 5.75 Å². The average molecular weight is 312 g/mol. The molecule has 1 aliphatic rings. The summed E-state index contributed by atoms with van der Waals surface area (Å²) in [6.45, 7) is 2.30. The van der Waals surface area contributed by atoms with Gasteiger partial charge in [-0.05, 0) is 52.9 Å². The van der Waals surface area contributed by atoms with Gasteiger partial charge in [-0.3, -0.25) is 0 Å². The third-order valence-corrected chi connectivity index (χ3v) is 4.50. The van der Waals surface area contributed by atoms with Crippen molar-refractivity contribution in [2.75, 3.05) is 12.4 Å². The molecule has 1 N–H and O–H groups in total. The van der Waals surface area contributed by atoms with Gasteiger partial charge >= 0.3 is 0 Å². The van der Waals surface area contributed by atoms with Crippen LogP contribution >= 0.6 is 15.9 Å². The Labute approximate surface area is 118 Å². The second-order valence-electron chi connectivity index (χ2n) is 5.13. The highest BCUT2D eigenvalue weighted by molar-refractivity contribution is 9.10. The summed E-state index contributed by atoms with van der Waals surface area (Å²) >= 11 is 3.53. The lowest BCUT2D eigenvalue weighted by molar-refractivity contribution is 0.327. The summed E-state index contributed by atoms with van der Waals surface area (Å²) in [7, 11) is 1.69. The number of nitrogens with one attached hydrogen (secondary N) is 1. The van der Waals surface area contributed by atoms with Gasteiger partial charge in [-0.25, -0.2) is 0 Å². The minimum Gasteiger partial charge on any atom is -0.496 e. The molecule has 0 aromatic heterocycles. The number of ether oxygens (including phenoxy) is 1. The lowest BCUT2D eigenvalue weighted by Gasteiger charge is -2.30. The molecule has 2 nitrogen and oxygen atoms in total. The van der Waals surface area contributed by atoms with Crippen LogP contribution in [0.4, 0.5) is 5.69 Å². The van der Waals surface area contributed by atoms with Gasteiger partial charge in [-0.15, -0.1) is 0 Å². The summed E-state index contributed by atoms with van der Waals surface area (Å²) in [6.07, 6.45) is 6.67. The Morgan fingerprint density at radius 2 is 2.22 bits per heavy atom. The van der Waals surface area contributed by atoms with E-state index in [0.29, 0.717) is 6.04 Å². The number of benzene rings is 1. The summed E-state index contributed by atoms with van der Waals surface area (Å²) in [6, 6.07) is 6.84. The van der Waals surface area contributed by atoms with Crippen molar-refractivity contribution < 1.29 is 4.74 Å². The molecule has 3 heteroatoms. The molecule has 100 valence electrons. The van der Waals surface area contributed by atoms with Gasteiger partial charge in [0, 0.05) is 11.7 Å². The lowest BCUT2D eigenvalue weighted by Crippen LogP contribution is -2.27. The molecular weight excluding hydrogens is 290 g/mol. The Balaban J connectivity index is 1.98. The van der Waals surface area contributed by atoms with Gasteiger partial charge in [-0.1, -0.05) is 26.2 Å². The molecule has 1 fully saturated rings. The van der Waals surface area contributed by atoms with E-state index in [2.05, 4.69) is 40.3 Å². The van der Waals surface area contributed by atoms with Crippen LogP contribution in [-0.4, -0.2) is 13.2 Å². The topological polar surface area (TPSA) is 21.3 Å². The maximum Gasteiger partial charge on any atom is 0.133 e. The van der Waals surface area contributed by atoms with Crippen molar-refractivity contribution in [3.63, 3.8) is 0 Å². The van der Waals surface area contributed by atoms with E-state index in [1.807, 2.05) is 6.07 Å². The Morgan fingerprint density at radius 1 is 1.39 bits per heavy atom. The second-order valence-corrected chi connectivity index (χ2v) is 5.99. The van der Waals surface area contributed by atoms with Gasteiger partial charge in [0.15, 0.2) is 0 Å². The first-order valence-corrected chi connectivity index (χ1v) is 7.62. The first-order chi connectivity index (χ1) is 8.72. The fourth-order valence-electron chi connectivity index (χ4n) is 2.78. The zero-order chi connectivity index (χ0) is 13.0. The van der Waals surface area contributed by atoms with Crippen LogP contribution in [0.1, 0.15) is 39.0 Å². The number of methoxy groups -OCH3 is 1. The van der Waals surface area contributed by atoms with Crippen LogP contribution in [0.15, 0.2) is 22.7 Å². The molecule has 1 aromatic carbocycles. The predicted molar refractivity (Wildman–Crippen MR) is 80.4 cm³/mol. The first-order valence-electron chi connectivity index (χ1n) is 6.83. The van der Waals surface area contributed by atoms with Crippen LogP contribution in [0, 0.1) is 5.92 Å². The van der Waals surface area contributed by atoms with Gasteiger partial charge < -0.3 is 10.1 Å². The van der Waals surface area contributed by atoms with Gasteiger partial charge in [0.25, 0.3) is 0 Å². The highest BCUT2D eigenvalue weighted by atomic mass is 79.9. The molecule has 0 saturated heterocycles. The molecule has 0 spiro atoms. The van der Waals surface area contributed by atoms with Crippen LogP contribution in [0.5, 0.6) is 5.75 Å². The Bertz CT molecular complexity index is 394. The molecule has 18 heavy (non-hydrogen) atoms. The minimum atomic E-state index is 0.629. The third kappa shape index (κ3) is 3.41. The number of rotatable bonds is 4. The van der Waals surface area contributed by atoms with Crippen LogP contribution in [0.25, 0.3) is 0 Å². The Kier molecular flexibility index (Phi) is 4.93.